The standard InChI is InChI=1S/C20H22ClN5O4S/c1-13-19(14(2)30-24-13)31(28,29)26-8-5-15(6-9-26)20(27)23-16-3-4-18(17(21)11-16)25-10-7-22-12-25/h3-4,7,10-12,15H,5-6,8-9H2,1-2H3,(H,23,27). The molecule has 1 N–H and O–H groups in total. The number of aryl methyl sites for hydroxylation is 2. The molecule has 1 amide bonds. The van der Waals surface area contributed by atoms with E-state index in [0.717, 1.165) is 5.69 Å². The molecule has 4 rings (SSSR count). The number of benzene rings is 1. The van der Waals surface area contributed by atoms with Gasteiger partial charge in [-0.1, -0.05) is 16.8 Å². The van der Waals surface area contributed by atoms with Gasteiger partial charge in [-0.2, -0.15) is 4.31 Å². The predicted molar refractivity (Wildman–Crippen MR) is 115 cm³/mol. The highest BCUT2D eigenvalue weighted by Gasteiger charge is 2.35. The number of rotatable bonds is 5. The molecule has 0 atom stereocenters. The van der Waals surface area contributed by atoms with Crippen molar-refractivity contribution in [3.8, 4) is 5.69 Å². The molecule has 11 heteroatoms. The first kappa shape index (κ1) is 21.5. The lowest BCUT2D eigenvalue weighted by Gasteiger charge is -2.30. The summed E-state index contributed by atoms with van der Waals surface area (Å²) in [7, 11) is -3.70. The summed E-state index contributed by atoms with van der Waals surface area (Å²) in [6, 6.07) is 5.26. The molecule has 0 radical (unpaired) electrons. The molecule has 1 fully saturated rings. The Labute approximate surface area is 185 Å². The quantitative estimate of drug-likeness (QED) is 0.622. The van der Waals surface area contributed by atoms with E-state index in [1.54, 1.807) is 55.3 Å². The number of imidazole rings is 1. The van der Waals surface area contributed by atoms with Crippen LogP contribution in [0.1, 0.15) is 24.3 Å². The van der Waals surface area contributed by atoms with Gasteiger partial charge in [0.25, 0.3) is 0 Å². The number of amides is 1. The lowest BCUT2D eigenvalue weighted by atomic mass is 9.97. The number of nitrogens with zero attached hydrogens (tertiary/aromatic N) is 4. The molecule has 0 aliphatic carbocycles. The predicted octanol–water partition coefficient (Wildman–Crippen LogP) is 3.17. The molecular formula is C20H22ClN5O4S. The molecule has 0 saturated carbocycles. The summed E-state index contributed by atoms with van der Waals surface area (Å²) < 4.78 is 34.0. The number of hydrogen-bond acceptors (Lipinski definition) is 6. The molecule has 3 aromatic rings. The Balaban J connectivity index is 1.39. The second-order valence-corrected chi connectivity index (χ2v) is 9.74. The first-order chi connectivity index (χ1) is 14.8. The fraction of sp³-hybridized carbons (Fsp3) is 0.350. The number of nitrogens with one attached hydrogen (secondary N) is 1. The number of hydrogen-bond donors (Lipinski definition) is 1. The smallest absolute Gasteiger partial charge is 0.248 e. The van der Waals surface area contributed by atoms with Crippen molar-refractivity contribution in [3.05, 3.63) is 53.4 Å². The third kappa shape index (κ3) is 4.23. The van der Waals surface area contributed by atoms with Crippen molar-refractivity contribution in [1.82, 2.24) is 19.0 Å². The Hall–Kier alpha value is -2.69. The number of piperidine rings is 1. The summed E-state index contributed by atoms with van der Waals surface area (Å²) >= 11 is 6.35. The third-order valence-corrected chi connectivity index (χ3v) is 7.83. The van der Waals surface area contributed by atoms with Crippen LogP contribution in [0.15, 0.2) is 46.3 Å². The molecule has 1 aliphatic rings. The lowest BCUT2D eigenvalue weighted by Crippen LogP contribution is -2.41. The second kappa shape index (κ2) is 8.45. The molecule has 31 heavy (non-hydrogen) atoms. The molecule has 1 aliphatic heterocycles. The number of anilines is 1. The third-order valence-electron chi connectivity index (χ3n) is 5.39. The summed E-state index contributed by atoms with van der Waals surface area (Å²) in [5.74, 6) is -0.169. The van der Waals surface area contributed by atoms with Gasteiger partial charge in [0.1, 0.15) is 10.6 Å². The highest BCUT2D eigenvalue weighted by molar-refractivity contribution is 7.89. The van der Waals surface area contributed by atoms with Crippen molar-refractivity contribution in [3.63, 3.8) is 0 Å². The van der Waals surface area contributed by atoms with Crippen LogP contribution in [0.5, 0.6) is 0 Å². The minimum Gasteiger partial charge on any atom is -0.360 e. The Bertz CT molecular complexity index is 1180. The highest BCUT2D eigenvalue weighted by atomic mass is 35.5. The maximum atomic E-state index is 12.9. The van der Waals surface area contributed by atoms with Crippen molar-refractivity contribution in [2.24, 2.45) is 5.92 Å². The van der Waals surface area contributed by atoms with Gasteiger partial charge in [0.15, 0.2) is 5.76 Å². The van der Waals surface area contributed by atoms with Crippen molar-refractivity contribution >= 4 is 33.2 Å². The van der Waals surface area contributed by atoms with E-state index in [4.69, 9.17) is 16.1 Å². The molecule has 0 spiro atoms. The van der Waals surface area contributed by atoms with Crippen LogP contribution >= 0.6 is 11.6 Å². The molecule has 1 saturated heterocycles. The lowest BCUT2D eigenvalue weighted by molar-refractivity contribution is -0.120. The van der Waals surface area contributed by atoms with Gasteiger partial charge in [-0.3, -0.25) is 4.79 Å². The maximum Gasteiger partial charge on any atom is 0.248 e. The van der Waals surface area contributed by atoms with Crippen molar-refractivity contribution < 1.29 is 17.7 Å². The van der Waals surface area contributed by atoms with Crippen LogP contribution in [0.25, 0.3) is 5.69 Å². The molecule has 164 valence electrons. The van der Waals surface area contributed by atoms with Gasteiger partial charge in [0, 0.05) is 37.1 Å². The number of carbonyl (C=O) groups is 1. The van der Waals surface area contributed by atoms with E-state index in [1.165, 1.54) is 4.31 Å². The monoisotopic (exact) mass is 463 g/mol. The molecule has 3 heterocycles. The zero-order valence-corrected chi connectivity index (χ0v) is 18.7. The Morgan fingerprint density at radius 1 is 1.26 bits per heavy atom. The topological polar surface area (TPSA) is 110 Å². The highest BCUT2D eigenvalue weighted by Crippen LogP contribution is 2.29. The van der Waals surface area contributed by atoms with Crippen LogP contribution in [0.2, 0.25) is 5.02 Å². The summed E-state index contributed by atoms with van der Waals surface area (Å²) in [6.45, 7) is 3.69. The maximum absolute atomic E-state index is 12.9. The van der Waals surface area contributed by atoms with Gasteiger partial charge >= 0.3 is 0 Å². The molecular weight excluding hydrogens is 442 g/mol. The van der Waals surface area contributed by atoms with E-state index in [-0.39, 0.29) is 35.6 Å². The first-order valence-corrected chi connectivity index (χ1v) is 11.6. The zero-order valence-electron chi connectivity index (χ0n) is 17.1. The van der Waals surface area contributed by atoms with Crippen LogP contribution in [0.4, 0.5) is 5.69 Å². The summed E-state index contributed by atoms with van der Waals surface area (Å²) in [4.78, 5) is 16.8. The Morgan fingerprint density at radius 3 is 2.58 bits per heavy atom. The largest absolute Gasteiger partial charge is 0.360 e. The van der Waals surface area contributed by atoms with Crippen LogP contribution in [-0.4, -0.2) is 46.4 Å². The first-order valence-electron chi connectivity index (χ1n) is 9.79. The van der Waals surface area contributed by atoms with Gasteiger partial charge in [-0.25, -0.2) is 13.4 Å². The van der Waals surface area contributed by atoms with E-state index < -0.39 is 10.0 Å². The van der Waals surface area contributed by atoms with E-state index in [0.29, 0.717) is 29.2 Å². The van der Waals surface area contributed by atoms with Gasteiger partial charge in [0.05, 0.1) is 17.0 Å². The fourth-order valence-corrected chi connectivity index (χ4v) is 5.81. The van der Waals surface area contributed by atoms with Gasteiger partial charge < -0.3 is 14.4 Å². The minimum absolute atomic E-state index is 0.114. The van der Waals surface area contributed by atoms with Crippen LogP contribution in [0.3, 0.4) is 0 Å². The average Bonchev–Trinajstić information content (AvgIpc) is 3.38. The second-order valence-electron chi connectivity index (χ2n) is 7.46. The SMILES string of the molecule is Cc1noc(C)c1S(=O)(=O)N1CCC(C(=O)Nc2ccc(-n3ccnc3)c(Cl)c2)CC1. The normalized spacial score (nSPS) is 15.8. The number of halogens is 1. The number of aromatic nitrogens is 3. The fourth-order valence-electron chi connectivity index (χ4n) is 3.77. The summed E-state index contributed by atoms with van der Waals surface area (Å²) in [5.41, 5.74) is 1.69. The Morgan fingerprint density at radius 2 is 2.00 bits per heavy atom. The van der Waals surface area contributed by atoms with E-state index in [9.17, 15) is 13.2 Å². The van der Waals surface area contributed by atoms with Crippen LogP contribution in [0, 0.1) is 19.8 Å². The average molecular weight is 464 g/mol. The molecule has 1 aromatic carbocycles. The Kier molecular flexibility index (Phi) is 5.87. The minimum atomic E-state index is -3.70. The molecule has 0 unspecified atom stereocenters. The van der Waals surface area contributed by atoms with E-state index in [1.807, 2.05) is 0 Å². The van der Waals surface area contributed by atoms with Gasteiger partial charge in [-0.15, -0.1) is 0 Å². The molecule has 9 nitrogen and oxygen atoms in total. The van der Waals surface area contributed by atoms with Crippen LogP contribution in [-0.2, 0) is 14.8 Å². The zero-order chi connectivity index (χ0) is 22.2. The van der Waals surface area contributed by atoms with Crippen molar-refractivity contribution in [2.45, 2.75) is 31.6 Å². The number of carbonyl (C=O) groups excluding carboxylic acids is 1. The van der Waals surface area contributed by atoms with Gasteiger partial charge in [-0.05, 0) is 44.9 Å². The van der Waals surface area contributed by atoms with Crippen molar-refractivity contribution in [2.75, 3.05) is 18.4 Å². The van der Waals surface area contributed by atoms with E-state index >= 15 is 0 Å². The molecule has 0 bridgehead atoms. The van der Waals surface area contributed by atoms with Crippen molar-refractivity contribution in [1.29, 1.82) is 0 Å². The summed E-state index contributed by atoms with van der Waals surface area (Å²) in [5, 5.41) is 7.10. The van der Waals surface area contributed by atoms with Gasteiger partial charge in [0.2, 0.25) is 15.9 Å². The number of sulfonamides is 1. The molecule has 2 aromatic heterocycles. The van der Waals surface area contributed by atoms with Crippen LogP contribution < -0.4 is 5.32 Å². The summed E-state index contributed by atoms with van der Waals surface area (Å²) in [6.07, 6.45) is 5.93. The van der Waals surface area contributed by atoms with E-state index in [2.05, 4.69) is 15.5 Å².